The van der Waals surface area contributed by atoms with E-state index >= 15 is 0 Å². The van der Waals surface area contributed by atoms with Gasteiger partial charge in [0.25, 0.3) is 0 Å². The van der Waals surface area contributed by atoms with Crippen molar-refractivity contribution in [2.24, 2.45) is 5.92 Å². The SMILES string of the molecule is CCOc1nc(N)nc(NCC2CCN(C)C2)n1. The molecule has 0 amide bonds. The monoisotopic (exact) mass is 252 g/mol. The molecule has 3 N–H and O–H groups in total. The molecule has 1 fully saturated rings. The molecule has 0 spiro atoms. The number of rotatable bonds is 5. The van der Waals surface area contributed by atoms with Crippen LogP contribution in [0.5, 0.6) is 6.01 Å². The van der Waals surface area contributed by atoms with Crippen LogP contribution in [0.15, 0.2) is 0 Å². The normalized spacial score (nSPS) is 20.0. The quantitative estimate of drug-likeness (QED) is 0.774. The molecule has 7 nitrogen and oxygen atoms in total. The summed E-state index contributed by atoms with van der Waals surface area (Å²) in [6, 6.07) is 0.274. The van der Waals surface area contributed by atoms with Gasteiger partial charge >= 0.3 is 6.01 Å². The Balaban J connectivity index is 1.92. The van der Waals surface area contributed by atoms with Gasteiger partial charge in [-0.3, -0.25) is 0 Å². The van der Waals surface area contributed by atoms with Crippen molar-refractivity contribution in [1.29, 1.82) is 0 Å². The van der Waals surface area contributed by atoms with Crippen molar-refractivity contribution < 1.29 is 4.74 Å². The zero-order valence-corrected chi connectivity index (χ0v) is 10.9. The van der Waals surface area contributed by atoms with E-state index in [-0.39, 0.29) is 12.0 Å². The Morgan fingerprint density at radius 2 is 2.28 bits per heavy atom. The van der Waals surface area contributed by atoms with Gasteiger partial charge in [0.05, 0.1) is 6.61 Å². The van der Waals surface area contributed by atoms with Crippen LogP contribution in [0.25, 0.3) is 0 Å². The van der Waals surface area contributed by atoms with Gasteiger partial charge in [0.15, 0.2) is 0 Å². The van der Waals surface area contributed by atoms with E-state index in [1.54, 1.807) is 0 Å². The molecule has 0 aromatic carbocycles. The smallest absolute Gasteiger partial charge is 0.323 e. The van der Waals surface area contributed by atoms with E-state index in [0.717, 1.165) is 19.6 Å². The number of hydrogen-bond acceptors (Lipinski definition) is 7. The van der Waals surface area contributed by atoms with Crippen LogP contribution in [-0.4, -0.2) is 53.1 Å². The minimum atomic E-state index is 0.180. The minimum Gasteiger partial charge on any atom is -0.464 e. The summed E-state index contributed by atoms with van der Waals surface area (Å²) in [5, 5.41) is 3.20. The Bertz CT molecular complexity index is 399. The van der Waals surface area contributed by atoms with Crippen LogP contribution in [0.1, 0.15) is 13.3 Å². The lowest BCUT2D eigenvalue weighted by Gasteiger charge is -2.12. The standard InChI is InChI=1S/C11H20N6O/c1-3-18-11-15-9(12)14-10(16-11)13-6-8-4-5-17(2)7-8/h8H,3-7H2,1-2H3,(H3,12,13,14,15,16). The lowest BCUT2D eigenvalue weighted by molar-refractivity contribution is 0.312. The summed E-state index contributed by atoms with van der Waals surface area (Å²) in [6.45, 7) is 5.49. The molecule has 18 heavy (non-hydrogen) atoms. The molecule has 1 saturated heterocycles. The molecule has 1 aromatic rings. The summed E-state index contributed by atoms with van der Waals surface area (Å²) in [7, 11) is 2.13. The van der Waals surface area contributed by atoms with Crippen LogP contribution in [-0.2, 0) is 0 Å². The maximum atomic E-state index is 5.61. The molecule has 1 aromatic heterocycles. The summed E-state index contributed by atoms with van der Waals surface area (Å²) in [4.78, 5) is 14.4. The Morgan fingerprint density at radius 3 is 2.94 bits per heavy atom. The van der Waals surface area contributed by atoms with Gasteiger partial charge in [0.1, 0.15) is 0 Å². The summed E-state index contributed by atoms with van der Waals surface area (Å²) >= 11 is 0. The summed E-state index contributed by atoms with van der Waals surface area (Å²) in [5.74, 6) is 1.29. The first-order chi connectivity index (χ1) is 8.67. The van der Waals surface area contributed by atoms with Gasteiger partial charge in [-0.05, 0) is 32.9 Å². The maximum absolute atomic E-state index is 5.61. The highest BCUT2D eigenvalue weighted by Gasteiger charge is 2.19. The molecular formula is C11H20N6O. The van der Waals surface area contributed by atoms with E-state index in [1.165, 1.54) is 6.42 Å². The minimum absolute atomic E-state index is 0.180. The Hall–Kier alpha value is -1.63. The van der Waals surface area contributed by atoms with Crippen LogP contribution in [0.4, 0.5) is 11.9 Å². The van der Waals surface area contributed by atoms with Crippen molar-refractivity contribution >= 4 is 11.9 Å². The van der Waals surface area contributed by atoms with E-state index in [4.69, 9.17) is 10.5 Å². The first-order valence-corrected chi connectivity index (χ1v) is 6.24. The Labute approximate surface area is 107 Å². The highest BCUT2D eigenvalue weighted by atomic mass is 16.5. The van der Waals surface area contributed by atoms with Gasteiger partial charge in [-0.1, -0.05) is 0 Å². The largest absolute Gasteiger partial charge is 0.464 e. The molecule has 1 unspecified atom stereocenters. The van der Waals surface area contributed by atoms with Crippen LogP contribution < -0.4 is 15.8 Å². The predicted molar refractivity (Wildman–Crippen MR) is 69.5 cm³/mol. The van der Waals surface area contributed by atoms with Crippen LogP contribution in [0.3, 0.4) is 0 Å². The average molecular weight is 252 g/mol. The van der Waals surface area contributed by atoms with Crippen molar-refractivity contribution in [3.8, 4) is 6.01 Å². The molecular weight excluding hydrogens is 232 g/mol. The molecule has 1 aliphatic heterocycles. The van der Waals surface area contributed by atoms with Gasteiger partial charge in [0, 0.05) is 13.1 Å². The average Bonchev–Trinajstić information content (AvgIpc) is 2.72. The number of nitrogens with zero attached hydrogens (tertiary/aromatic N) is 4. The highest BCUT2D eigenvalue weighted by Crippen LogP contribution is 2.15. The molecule has 0 aliphatic carbocycles. The number of likely N-dealkylation sites (tertiary alicyclic amines) is 1. The first-order valence-electron chi connectivity index (χ1n) is 6.24. The molecule has 0 saturated carbocycles. The van der Waals surface area contributed by atoms with Crippen LogP contribution >= 0.6 is 0 Å². The van der Waals surface area contributed by atoms with Gasteiger partial charge in [-0.25, -0.2) is 0 Å². The van der Waals surface area contributed by atoms with Gasteiger partial charge in [-0.2, -0.15) is 15.0 Å². The third-order valence-electron chi connectivity index (χ3n) is 2.94. The van der Waals surface area contributed by atoms with Crippen LogP contribution in [0, 0.1) is 5.92 Å². The van der Waals surface area contributed by atoms with Crippen molar-refractivity contribution in [2.45, 2.75) is 13.3 Å². The third kappa shape index (κ3) is 3.43. The lowest BCUT2D eigenvalue weighted by atomic mass is 10.1. The van der Waals surface area contributed by atoms with Crippen molar-refractivity contribution in [3.05, 3.63) is 0 Å². The lowest BCUT2D eigenvalue weighted by Crippen LogP contribution is -2.20. The number of aromatic nitrogens is 3. The number of nitrogen functional groups attached to an aromatic ring is 1. The fourth-order valence-corrected chi connectivity index (χ4v) is 2.07. The van der Waals surface area contributed by atoms with Crippen molar-refractivity contribution in [3.63, 3.8) is 0 Å². The van der Waals surface area contributed by atoms with E-state index in [1.807, 2.05) is 6.92 Å². The number of ether oxygens (including phenoxy) is 1. The molecule has 1 atom stereocenters. The topological polar surface area (TPSA) is 89.2 Å². The molecule has 1 aliphatic rings. The second-order valence-corrected chi connectivity index (χ2v) is 4.53. The zero-order valence-electron chi connectivity index (χ0n) is 10.9. The summed E-state index contributed by atoms with van der Waals surface area (Å²) < 4.78 is 5.23. The molecule has 2 heterocycles. The van der Waals surface area contributed by atoms with E-state index in [2.05, 4.69) is 32.2 Å². The molecule has 0 bridgehead atoms. The van der Waals surface area contributed by atoms with E-state index < -0.39 is 0 Å². The van der Waals surface area contributed by atoms with Gasteiger partial charge in [0.2, 0.25) is 11.9 Å². The van der Waals surface area contributed by atoms with Crippen LogP contribution in [0.2, 0.25) is 0 Å². The fraction of sp³-hybridized carbons (Fsp3) is 0.727. The van der Waals surface area contributed by atoms with Gasteiger partial charge in [-0.15, -0.1) is 0 Å². The Kier molecular flexibility index (Phi) is 4.14. The molecule has 7 heteroatoms. The highest BCUT2D eigenvalue weighted by molar-refractivity contribution is 5.32. The number of nitrogens with one attached hydrogen (secondary N) is 1. The Morgan fingerprint density at radius 1 is 1.44 bits per heavy atom. The zero-order chi connectivity index (χ0) is 13.0. The van der Waals surface area contributed by atoms with Crippen molar-refractivity contribution in [1.82, 2.24) is 19.9 Å². The number of anilines is 2. The number of hydrogen-bond donors (Lipinski definition) is 2. The summed E-state index contributed by atoms with van der Waals surface area (Å²) in [6.07, 6.45) is 1.20. The predicted octanol–water partition coefficient (Wildman–Crippen LogP) is 0.216. The first kappa shape index (κ1) is 12.8. The van der Waals surface area contributed by atoms with Gasteiger partial charge < -0.3 is 20.7 Å². The molecule has 0 radical (unpaired) electrons. The maximum Gasteiger partial charge on any atom is 0.323 e. The van der Waals surface area contributed by atoms with E-state index in [0.29, 0.717) is 18.5 Å². The number of nitrogens with two attached hydrogens (primary N) is 1. The molecule has 100 valence electrons. The second-order valence-electron chi connectivity index (χ2n) is 4.53. The van der Waals surface area contributed by atoms with E-state index in [9.17, 15) is 0 Å². The molecule has 2 rings (SSSR count). The third-order valence-corrected chi connectivity index (χ3v) is 2.94. The fourth-order valence-electron chi connectivity index (χ4n) is 2.07. The van der Waals surface area contributed by atoms with Crippen molar-refractivity contribution in [2.75, 3.05) is 44.3 Å². The second kappa shape index (κ2) is 5.81. The summed E-state index contributed by atoms with van der Waals surface area (Å²) in [5.41, 5.74) is 5.61.